The van der Waals surface area contributed by atoms with Crippen LogP contribution in [0.4, 0.5) is 0 Å². The van der Waals surface area contributed by atoms with Crippen molar-refractivity contribution < 1.29 is 9.90 Å². The summed E-state index contributed by atoms with van der Waals surface area (Å²) in [6.07, 6.45) is 6.39. The molecule has 0 unspecified atom stereocenters. The van der Waals surface area contributed by atoms with Gasteiger partial charge in [-0.3, -0.25) is 4.79 Å². The lowest BCUT2D eigenvalue weighted by Gasteiger charge is -2.31. The summed E-state index contributed by atoms with van der Waals surface area (Å²) in [5, 5.41) is 10.4. The first-order valence-corrected chi connectivity index (χ1v) is 5.87. The minimum Gasteiger partial charge on any atom is -0.389 e. The maximum Gasteiger partial charge on any atom is 0.133 e. The van der Waals surface area contributed by atoms with Crippen LogP contribution in [-0.2, 0) is 17.8 Å². The van der Waals surface area contributed by atoms with Crippen LogP contribution in [0, 0.1) is 0 Å². The summed E-state index contributed by atoms with van der Waals surface area (Å²) in [6, 6.07) is 0. The Morgan fingerprint density at radius 2 is 2.19 bits per heavy atom. The van der Waals surface area contributed by atoms with Crippen molar-refractivity contribution in [3.63, 3.8) is 0 Å². The van der Waals surface area contributed by atoms with Crippen molar-refractivity contribution in [2.24, 2.45) is 0 Å². The van der Waals surface area contributed by atoms with Gasteiger partial charge in [0, 0.05) is 38.2 Å². The number of Topliss-reactive ketones (excluding diaryl/α,β-unsaturated/α-hetero) is 1. The molecule has 1 fully saturated rings. The zero-order valence-electron chi connectivity index (χ0n) is 9.65. The Balaban J connectivity index is 2.06. The quantitative estimate of drug-likeness (QED) is 0.839. The Kier molecular flexibility index (Phi) is 3.10. The molecule has 0 amide bonds. The number of hydrogen-bond acceptors (Lipinski definition) is 3. The number of aromatic nitrogens is 2. The van der Waals surface area contributed by atoms with Crippen LogP contribution in [0.3, 0.4) is 0 Å². The van der Waals surface area contributed by atoms with E-state index in [0.29, 0.717) is 32.1 Å². The maximum atomic E-state index is 11.1. The van der Waals surface area contributed by atoms with E-state index in [1.807, 2.05) is 10.8 Å². The summed E-state index contributed by atoms with van der Waals surface area (Å²) < 4.78 is 2.04. The first kappa shape index (κ1) is 11.3. The van der Waals surface area contributed by atoms with Crippen LogP contribution in [0.25, 0.3) is 0 Å². The Hall–Kier alpha value is -1.16. The minimum atomic E-state index is -0.730. The van der Waals surface area contributed by atoms with E-state index in [2.05, 4.69) is 11.9 Å². The zero-order valence-corrected chi connectivity index (χ0v) is 9.65. The highest BCUT2D eigenvalue weighted by Gasteiger charge is 2.33. The second-order valence-electron chi connectivity index (χ2n) is 4.57. The van der Waals surface area contributed by atoms with E-state index in [9.17, 15) is 9.90 Å². The lowest BCUT2D eigenvalue weighted by Crippen LogP contribution is -2.37. The van der Waals surface area contributed by atoms with Crippen LogP contribution in [0.15, 0.2) is 12.4 Å². The Morgan fingerprint density at radius 3 is 2.81 bits per heavy atom. The SMILES string of the molecule is CCn1ccnc1CC1(O)CCC(=O)CC1. The molecule has 88 valence electrons. The molecule has 0 aromatic carbocycles. The fourth-order valence-electron chi connectivity index (χ4n) is 2.26. The van der Waals surface area contributed by atoms with E-state index >= 15 is 0 Å². The van der Waals surface area contributed by atoms with Crippen molar-refractivity contribution in [1.82, 2.24) is 9.55 Å². The smallest absolute Gasteiger partial charge is 0.133 e. The predicted octanol–water partition coefficient (Wildman–Crippen LogP) is 1.32. The van der Waals surface area contributed by atoms with Gasteiger partial charge in [-0.25, -0.2) is 4.98 Å². The van der Waals surface area contributed by atoms with Crippen LogP contribution >= 0.6 is 0 Å². The van der Waals surface area contributed by atoms with Gasteiger partial charge < -0.3 is 9.67 Å². The number of carbonyl (C=O) groups excluding carboxylic acids is 1. The summed E-state index contributed by atoms with van der Waals surface area (Å²) in [7, 11) is 0. The van der Waals surface area contributed by atoms with E-state index < -0.39 is 5.60 Å². The van der Waals surface area contributed by atoms with Crippen molar-refractivity contribution in [3.8, 4) is 0 Å². The highest BCUT2D eigenvalue weighted by Crippen LogP contribution is 2.29. The Morgan fingerprint density at radius 1 is 1.50 bits per heavy atom. The average molecular weight is 222 g/mol. The third-order valence-electron chi connectivity index (χ3n) is 3.37. The molecule has 4 heteroatoms. The molecular formula is C12H18N2O2. The summed E-state index contributed by atoms with van der Waals surface area (Å²) in [4.78, 5) is 15.4. The van der Waals surface area contributed by atoms with E-state index in [4.69, 9.17) is 0 Å². The number of ketones is 1. The largest absolute Gasteiger partial charge is 0.389 e. The molecule has 0 aliphatic heterocycles. The molecular weight excluding hydrogens is 204 g/mol. The molecule has 1 saturated carbocycles. The van der Waals surface area contributed by atoms with Gasteiger partial charge in [-0.15, -0.1) is 0 Å². The van der Waals surface area contributed by atoms with Gasteiger partial charge in [0.05, 0.1) is 5.60 Å². The Bertz CT molecular complexity index is 374. The number of carbonyl (C=O) groups is 1. The van der Waals surface area contributed by atoms with Crippen molar-refractivity contribution >= 4 is 5.78 Å². The molecule has 0 spiro atoms. The van der Waals surface area contributed by atoms with Gasteiger partial charge >= 0.3 is 0 Å². The molecule has 4 nitrogen and oxygen atoms in total. The lowest BCUT2D eigenvalue weighted by atomic mass is 9.82. The number of aryl methyl sites for hydroxylation is 1. The van der Waals surface area contributed by atoms with E-state index in [1.54, 1.807) is 6.20 Å². The molecule has 16 heavy (non-hydrogen) atoms. The normalized spacial score (nSPS) is 20.0. The third kappa shape index (κ3) is 2.32. The molecule has 0 radical (unpaired) electrons. The molecule has 0 bridgehead atoms. The van der Waals surface area contributed by atoms with E-state index in [0.717, 1.165) is 12.4 Å². The summed E-state index contributed by atoms with van der Waals surface area (Å²) in [5.74, 6) is 1.18. The summed E-state index contributed by atoms with van der Waals surface area (Å²) in [5.41, 5.74) is -0.730. The van der Waals surface area contributed by atoms with Crippen molar-refractivity contribution in [2.45, 2.75) is 51.2 Å². The number of hydrogen-bond donors (Lipinski definition) is 1. The molecule has 1 aliphatic rings. The molecule has 0 saturated heterocycles. The highest BCUT2D eigenvalue weighted by atomic mass is 16.3. The summed E-state index contributed by atoms with van der Waals surface area (Å²) >= 11 is 0. The van der Waals surface area contributed by atoms with Crippen LogP contribution in [-0.4, -0.2) is 26.0 Å². The van der Waals surface area contributed by atoms with Gasteiger partial charge in [0.25, 0.3) is 0 Å². The summed E-state index contributed by atoms with van der Waals surface area (Å²) in [6.45, 7) is 2.92. The second-order valence-corrected chi connectivity index (χ2v) is 4.57. The second kappa shape index (κ2) is 4.37. The van der Waals surface area contributed by atoms with Gasteiger partial charge in [0.15, 0.2) is 0 Å². The monoisotopic (exact) mass is 222 g/mol. The predicted molar refractivity (Wildman–Crippen MR) is 60.0 cm³/mol. The van der Waals surface area contributed by atoms with Crippen LogP contribution < -0.4 is 0 Å². The van der Waals surface area contributed by atoms with E-state index in [1.165, 1.54) is 0 Å². The zero-order chi connectivity index (χ0) is 11.6. The fourth-order valence-corrected chi connectivity index (χ4v) is 2.26. The van der Waals surface area contributed by atoms with Crippen molar-refractivity contribution in [2.75, 3.05) is 0 Å². The maximum absolute atomic E-state index is 11.1. The van der Waals surface area contributed by atoms with Gasteiger partial charge in [0.2, 0.25) is 0 Å². The number of rotatable bonds is 3. The van der Waals surface area contributed by atoms with Crippen LogP contribution in [0.1, 0.15) is 38.4 Å². The molecule has 1 heterocycles. The molecule has 2 rings (SSSR count). The number of imidazole rings is 1. The molecule has 1 N–H and O–H groups in total. The number of aliphatic hydroxyl groups is 1. The standard InChI is InChI=1S/C12H18N2O2/c1-2-14-8-7-13-11(14)9-12(16)5-3-10(15)4-6-12/h7-8,16H,2-6,9H2,1H3. The minimum absolute atomic E-state index is 0.267. The molecule has 1 aromatic rings. The van der Waals surface area contributed by atoms with Crippen LogP contribution in [0.5, 0.6) is 0 Å². The first-order chi connectivity index (χ1) is 7.63. The van der Waals surface area contributed by atoms with Crippen LogP contribution in [0.2, 0.25) is 0 Å². The number of nitrogens with zero attached hydrogens (tertiary/aromatic N) is 2. The van der Waals surface area contributed by atoms with Gasteiger partial charge in [-0.2, -0.15) is 0 Å². The van der Waals surface area contributed by atoms with Gasteiger partial charge in [-0.1, -0.05) is 0 Å². The average Bonchev–Trinajstić information content (AvgIpc) is 2.70. The topological polar surface area (TPSA) is 55.1 Å². The third-order valence-corrected chi connectivity index (χ3v) is 3.37. The van der Waals surface area contributed by atoms with Gasteiger partial charge in [0.1, 0.15) is 11.6 Å². The molecule has 1 aliphatic carbocycles. The van der Waals surface area contributed by atoms with Crippen molar-refractivity contribution in [1.29, 1.82) is 0 Å². The Labute approximate surface area is 95.3 Å². The van der Waals surface area contributed by atoms with E-state index in [-0.39, 0.29) is 5.78 Å². The highest BCUT2D eigenvalue weighted by molar-refractivity contribution is 5.79. The first-order valence-electron chi connectivity index (χ1n) is 5.87. The van der Waals surface area contributed by atoms with Gasteiger partial charge in [-0.05, 0) is 19.8 Å². The molecule has 0 atom stereocenters. The fraction of sp³-hybridized carbons (Fsp3) is 0.667. The molecule has 1 aromatic heterocycles. The lowest BCUT2D eigenvalue weighted by molar-refractivity contribution is -0.125. The van der Waals surface area contributed by atoms with Crippen molar-refractivity contribution in [3.05, 3.63) is 18.2 Å².